The maximum absolute atomic E-state index is 12.5. The van der Waals surface area contributed by atoms with Crippen molar-refractivity contribution >= 4 is 40.6 Å². The fourth-order valence-electron chi connectivity index (χ4n) is 2.30. The fraction of sp³-hybridized carbons (Fsp3) is 0.222. The highest BCUT2D eigenvalue weighted by Crippen LogP contribution is 2.25. The minimum Gasteiger partial charge on any atom is -0.378 e. The van der Waals surface area contributed by atoms with Crippen LogP contribution in [0.4, 0.5) is 11.4 Å². The minimum absolute atomic E-state index is 0.122. The average molecular weight is 403 g/mol. The summed E-state index contributed by atoms with van der Waals surface area (Å²) >= 11 is 7.21. The van der Waals surface area contributed by atoms with Gasteiger partial charge in [0, 0.05) is 30.5 Å². The molecule has 0 aliphatic rings. The highest BCUT2D eigenvalue weighted by molar-refractivity contribution is 8.00. The van der Waals surface area contributed by atoms with E-state index in [9.17, 15) is 4.79 Å². The molecule has 3 rings (SSSR count). The van der Waals surface area contributed by atoms with Crippen molar-refractivity contribution in [2.45, 2.75) is 17.3 Å². The van der Waals surface area contributed by atoms with Crippen LogP contribution in [0.5, 0.6) is 0 Å². The number of hydrogen-bond donors (Lipinski definition) is 1. The van der Waals surface area contributed by atoms with Crippen molar-refractivity contribution in [2.24, 2.45) is 0 Å². The molecule has 0 radical (unpaired) electrons. The number of thioether (sulfide) groups is 1. The number of tetrazole rings is 1. The summed E-state index contributed by atoms with van der Waals surface area (Å²) in [5.74, 6) is -0.122. The number of benzene rings is 2. The Kier molecular flexibility index (Phi) is 5.98. The van der Waals surface area contributed by atoms with Gasteiger partial charge in [0.15, 0.2) is 0 Å². The van der Waals surface area contributed by atoms with Crippen molar-refractivity contribution in [3.8, 4) is 5.69 Å². The van der Waals surface area contributed by atoms with Gasteiger partial charge >= 0.3 is 0 Å². The molecule has 9 heteroatoms. The van der Waals surface area contributed by atoms with Crippen molar-refractivity contribution in [2.75, 3.05) is 24.3 Å². The molecule has 1 atom stereocenters. The molecule has 2 aromatic carbocycles. The predicted octanol–water partition coefficient (Wildman–Crippen LogP) is 3.50. The topological polar surface area (TPSA) is 75.9 Å². The van der Waals surface area contributed by atoms with Crippen LogP contribution in [0.15, 0.2) is 53.7 Å². The molecule has 0 spiro atoms. The van der Waals surface area contributed by atoms with Crippen LogP contribution in [0.2, 0.25) is 5.02 Å². The Bertz CT molecular complexity index is 910. The minimum atomic E-state index is -0.379. The lowest BCUT2D eigenvalue weighted by atomic mass is 10.2. The number of rotatable bonds is 6. The van der Waals surface area contributed by atoms with E-state index in [1.54, 1.807) is 16.8 Å². The Hall–Kier alpha value is -2.58. The second-order valence-electron chi connectivity index (χ2n) is 6.04. The highest BCUT2D eigenvalue weighted by Gasteiger charge is 2.19. The van der Waals surface area contributed by atoms with Crippen molar-refractivity contribution < 1.29 is 4.79 Å². The van der Waals surface area contributed by atoms with Gasteiger partial charge in [0.25, 0.3) is 0 Å². The maximum atomic E-state index is 12.5. The van der Waals surface area contributed by atoms with Gasteiger partial charge in [-0.05, 0) is 65.9 Å². The molecule has 140 valence electrons. The van der Waals surface area contributed by atoms with Gasteiger partial charge in [0.2, 0.25) is 11.1 Å². The standard InChI is InChI=1S/C18H19ClN6OS/c1-12(17(26)20-14-6-10-15(11-7-14)24(2)3)27-18-21-22-23-25(18)16-8-4-13(19)5-9-16/h4-12H,1-3H3,(H,20,26). The second-order valence-corrected chi connectivity index (χ2v) is 7.78. The quantitative estimate of drug-likeness (QED) is 0.636. The third kappa shape index (κ3) is 4.78. The lowest BCUT2D eigenvalue weighted by molar-refractivity contribution is -0.115. The monoisotopic (exact) mass is 402 g/mol. The molecule has 0 saturated carbocycles. The zero-order chi connectivity index (χ0) is 19.4. The number of nitrogens with one attached hydrogen (secondary N) is 1. The number of halogens is 1. The van der Waals surface area contributed by atoms with E-state index < -0.39 is 0 Å². The molecule has 1 heterocycles. The number of hydrogen-bond acceptors (Lipinski definition) is 6. The molecule has 27 heavy (non-hydrogen) atoms. The first-order valence-electron chi connectivity index (χ1n) is 8.23. The van der Waals surface area contributed by atoms with Crippen LogP contribution < -0.4 is 10.2 Å². The third-order valence-electron chi connectivity index (χ3n) is 3.81. The number of aromatic nitrogens is 4. The SMILES string of the molecule is CC(Sc1nnnn1-c1ccc(Cl)cc1)C(=O)Nc1ccc(N(C)C)cc1. The number of nitrogens with zero attached hydrogens (tertiary/aromatic N) is 5. The molecule has 1 N–H and O–H groups in total. The van der Waals surface area contributed by atoms with Gasteiger partial charge in [-0.25, -0.2) is 0 Å². The van der Waals surface area contributed by atoms with Gasteiger partial charge in [-0.2, -0.15) is 4.68 Å². The smallest absolute Gasteiger partial charge is 0.237 e. The predicted molar refractivity (Wildman–Crippen MR) is 109 cm³/mol. The van der Waals surface area contributed by atoms with Gasteiger partial charge in [-0.15, -0.1) is 5.10 Å². The van der Waals surface area contributed by atoms with E-state index >= 15 is 0 Å². The number of carbonyl (C=O) groups is 1. The van der Waals surface area contributed by atoms with E-state index in [4.69, 9.17) is 11.6 Å². The number of amides is 1. The second kappa shape index (κ2) is 8.41. The zero-order valence-corrected chi connectivity index (χ0v) is 16.7. The summed E-state index contributed by atoms with van der Waals surface area (Å²) in [6, 6.07) is 14.8. The van der Waals surface area contributed by atoms with Crippen LogP contribution >= 0.6 is 23.4 Å². The molecule has 3 aromatic rings. The Labute approximate surface area is 166 Å². The van der Waals surface area contributed by atoms with E-state index in [1.165, 1.54) is 11.8 Å². The molecular weight excluding hydrogens is 384 g/mol. The Morgan fingerprint density at radius 1 is 1.15 bits per heavy atom. The van der Waals surface area contributed by atoms with E-state index in [0.717, 1.165) is 17.1 Å². The summed E-state index contributed by atoms with van der Waals surface area (Å²) < 4.78 is 1.58. The van der Waals surface area contributed by atoms with Gasteiger partial charge in [-0.1, -0.05) is 23.4 Å². The molecule has 1 unspecified atom stereocenters. The average Bonchev–Trinajstić information content (AvgIpc) is 3.10. The molecule has 1 amide bonds. The van der Waals surface area contributed by atoms with Crippen LogP contribution in [0.3, 0.4) is 0 Å². The van der Waals surface area contributed by atoms with Crippen molar-refractivity contribution in [1.29, 1.82) is 0 Å². The summed E-state index contributed by atoms with van der Waals surface area (Å²) in [4.78, 5) is 14.5. The van der Waals surface area contributed by atoms with Crippen LogP contribution in [0.1, 0.15) is 6.92 Å². The summed E-state index contributed by atoms with van der Waals surface area (Å²) in [6.45, 7) is 1.81. The van der Waals surface area contributed by atoms with Crippen LogP contribution in [0, 0.1) is 0 Å². The van der Waals surface area contributed by atoms with E-state index in [1.807, 2.05) is 62.3 Å². The maximum Gasteiger partial charge on any atom is 0.237 e. The Balaban J connectivity index is 1.67. The highest BCUT2D eigenvalue weighted by atomic mass is 35.5. The third-order valence-corrected chi connectivity index (χ3v) is 5.10. The molecular formula is C18H19ClN6OS. The zero-order valence-electron chi connectivity index (χ0n) is 15.1. The molecule has 0 saturated heterocycles. The molecule has 0 aliphatic heterocycles. The first-order chi connectivity index (χ1) is 12.9. The lowest BCUT2D eigenvalue weighted by Crippen LogP contribution is -2.23. The van der Waals surface area contributed by atoms with Crippen LogP contribution in [0.25, 0.3) is 5.69 Å². The molecule has 0 fully saturated rings. The normalized spacial score (nSPS) is 11.9. The van der Waals surface area contributed by atoms with Crippen LogP contribution in [-0.2, 0) is 4.79 Å². The van der Waals surface area contributed by atoms with Gasteiger partial charge in [-0.3, -0.25) is 4.79 Å². The first kappa shape index (κ1) is 19.2. The summed E-state index contributed by atoms with van der Waals surface area (Å²) in [6.07, 6.45) is 0. The fourth-order valence-corrected chi connectivity index (χ4v) is 3.23. The Morgan fingerprint density at radius 3 is 2.44 bits per heavy atom. The van der Waals surface area contributed by atoms with Gasteiger partial charge < -0.3 is 10.2 Å². The van der Waals surface area contributed by atoms with Crippen molar-refractivity contribution in [3.63, 3.8) is 0 Å². The molecule has 0 bridgehead atoms. The van der Waals surface area contributed by atoms with Gasteiger partial charge in [0.05, 0.1) is 10.9 Å². The largest absolute Gasteiger partial charge is 0.378 e. The van der Waals surface area contributed by atoms with Crippen LogP contribution in [-0.4, -0.2) is 45.5 Å². The number of anilines is 2. The van der Waals surface area contributed by atoms with E-state index in [-0.39, 0.29) is 11.2 Å². The Morgan fingerprint density at radius 2 is 1.81 bits per heavy atom. The van der Waals surface area contributed by atoms with Crippen molar-refractivity contribution in [1.82, 2.24) is 20.2 Å². The van der Waals surface area contributed by atoms with E-state index in [2.05, 4.69) is 20.8 Å². The van der Waals surface area contributed by atoms with Gasteiger partial charge in [0.1, 0.15) is 0 Å². The molecule has 0 aliphatic carbocycles. The summed E-state index contributed by atoms with van der Waals surface area (Å²) in [5, 5.41) is 15.4. The van der Waals surface area contributed by atoms with Crippen molar-refractivity contribution in [3.05, 3.63) is 53.6 Å². The van der Waals surface area contributed by atoms with E-state index in [0.29, 0.717) is 10.2 Å². The molecule has 7 nitrogen and oxygen atoms in total. The first-order valence-corrected chi connectivity index (χ1v) is 9.49. The lowest BCUT2D eigenvalue weighted by Gasteiger charge is -2.14. The number of carbonyl (C=O) groups excluding carboxylic acids is 1. The summed E-state index contributed by atoms with van der Waals surface area (Å²) in [5.41, 5.74) is 2.59. The molecule has 1 aromatic heterocycles. The summed E-state index contributed by atoms with van der Waals surface area (Å²) in [7, 11) is 3.94.